The lowest BCUT2D eigenvalue weighted by Gasteiger charge is -2.70. The summed E-state index contributed by atoms with van der Waals surface area (Å²) in [4.78, 5) is 15.3. The standard InChI is InChI=1S/C37H49NO2/c1-25-27-13-14-30-35(4,28(27)21-29(39)32(25)40)18-20-37(6)31-22-33(2,15-16-34(31,3)17-19-36(30,37)5)24-38(7)23-26-11-9-8-10-12-26/h8-14,21,31,40H,15-20,22-24H2,1-7H3/t31-,33-,34-,35+,36-,37+/m1/s1. The summed E-state index contributed by atoms with van der Waals surface area (Å²) >= 11 is 0. The molecular formula is C37H49NO2. The van der Waals surface area contributed by atoms with Crippen LogP contribution in [0.4, 0.5) is 0 Å². The van der Waals surface area contributed by atoms with Crippen molar-refractivity contribution in [2.24, 2.45) is 33.0 Å². The summed E-state index contributed by atoms with van der Waals surface area (Å²) in [5.74, 6) is 0.352. The quantitative estimate of drug-likeness (QED) is 0.416. The van der Waals surface area contributed by atoms with Crippen LogP contribution in [0.3, 0.4) is 0 Å². The second-order valence-electron chi connectivity index (χ2n) is 15.5. The number of allylic oxidation sites excluding steroid dienone is 7. The molecule has 1 N–H and O–H groups in total. The van der Waals surface area contributed by atoms with Crippen LogP contribution in [0.2, 0.25) is 0 Å². The summed E-state index contributed by atoms with van der Waals surface area (Å²) in [6.45, 7) is 16.8. The minimum absolute atomic E-state index is 0.0847. The molecule has 3 heteroatoms. The molecule has 0 heterocycles. The van der Waals surface area contributed by atoms with Gasteiger partial charge in [0.15, 0.2) is 5.76 Å². The predicted molar refractivity (Wildman–Crippen MR) is 164 cm³/mol. The normalized spacial score (nSPS) is 40.9. The number of aliphatic hydroxyl groups is 1. The third-order valence-corrected chi connectivity index (χ3v) is 12.9. The van der Waals surface area contributed by atoms with Gasteiger partial charge in [-0.3, -0.25) is 4.79 Å². The van der Waals surface area contributed by atoms with E-state index in [2.05, 4.69) is 89.1 Å². The number of hydrogen-bond acceptors (Lipinski definition) is 3. The third kappa shape index (κ3) is 3.90. The Morgan fingerprint density at radius 1 is 0.925 bits per heavy atom. The maximum Gasteiger partial charge on any atom is 0.220 e. The van der Waals surface area contributed by atoms with Crippen LogP contribution < -0.4 is 0 Å². The molecule has 1 aromatic rings. The van der Waals surface area contributed by atoms with Gasteiger partial charge in [0.05, 0.1) is 0 Å². The van der Waals surface area contributed by atoms with Gasteiger partial charge in [-0.25, -0.2) is 0 Å². The number of aliphatic hydroxyl groups excluding tert-OH is 1. The monoisotopic (exact) mass is 539 g/mol. The maximum atomic E-state index is 12.8. The van der Waals surface area contributed by atoms with Crippen molar-refractivity contribution in [1.29, 1.82) is 0 Å². The molecule has 5 aliphatic carbocycles. The van der Waals surface area contributed by atoms with Gasteiger partial charge in [0.25, 0.3) is 0 Å². The van der Waals surface area contributed by atoms with Gasteiger partial charge in [-0.1, -0.05) is 82.7 Å². The van der Waals surface area contributed by atoms with Crippen LogP contribution in [-0.2, 0) is 11.3 Å². The summed E-state index contributed by atoms with van der Waals surface area (Å²) < 4.78 is 0. The van der Waals surface area contributed by atoms with Crippen LogP contribution in [0, 0.1) is 33.0 Å². The molecule has 5 aliphatic rings. The zero-order valence-electron chi connectivity index (χ0n) is 25.9. The van der Waals surface area contributed by atoms with E-state index in [1.807, 2.05) is 6.92 Å². The molecule has 0 amide bonds. The largest absolute Gasteiger partial charge is 0.504 e. The van der Waals surface area contributed by atoms with Gasteiger partial charge < -0.3 is 10.0 Å². The first-order chi connectivity index (χ1) is 18.7. The SMILES string of the molecule is CC1=C(O)C(=O)C=C2C1=CC=C1[C@@]2(C)CC[C@@]2(C)[C@@H]3C[C@](C)(CN(C)Cc4ccccc4)CC[C@]3(C)CC[C@]12C. The summed E-state index contributed by atoms with van der Waals surface area (Å²) in [6.07, 6.45) is 15.0. The highest BCUT2D eigenvalue weighted by Crippen LogP contribution is 2.75. The molecule has 1 aromatic carbocycles. The molecule has 6 atom stereocenters. The van der Waals surface area contributed by atoms with Gasteiger partial charge >= 0.3 is 0 Å². The summed E-state index contributed by atoms with van der Waals surface area (Å²) in [5.41, 5.74) is 6.69. The lowest BCUT2D eigenvalue weighted by Crippen LogP contribution is -2.62. The van der Waals surface area contributed by atoms with E-state index in [0.29, 0.717) is 16.7 Å². The lowest BCUT2D eigenvalue weighted by molar-refractivity contribution is -0.163. The maximum absolute atomic E-state index is 12.8. The van der Waals surface area contributed by atoms with Gasteiger partial charge in [0.2, 0.25) is 5.78 Å². The summed E-state index contributed by atoms with van der Waals surface area (Å²) in [6, 6.07) is 10.9. The third-order valence-electron chi connectivity index (χ3n) is 12.9. The minimum atomic E-state index is -0.232. The average Bonchev–Trinajstić information content (AvgIpc) is 2.91. The van der Waals surface area contributed by atoms with Crippen molar-refractivity contribution < 1.29 is 9.90 Å². The molecule has 214 valence electrons. The highest BCUT2D eigenvalue weighted by Gasteiger charge is 2.66. The fourth-order valence-corrected chi connectivity index (χ4v) is 10.3. The molecule has 0 radical (unpaired) electrons. The Kier molecular flexibility index (Phi) is 6.28. The van der Waals surface area contributed by atoms with E-state index < -0.39 is 0 Å². The molecule has 0 aromatic heterocycles. The number of fused-ring (bicyclic) bond motifs is 7. The van der Waals surface area contributed by atoms with Crippen molar-refractivity contribution in [2.75, 3.05) is 13.6 Å². The number of benzene rings is 1. The molecule has 3 nitrogen and oxygen atoms in total. The van der Waals surface area contributed by atoms with E-state index in [1.165, 1.54) is 49.7 Å². The number of ketones is 1. The molecule has 0 bridgehead atoms. The highest BCUT2D eigenvalue weighted by atomic mass is 16.3. The van der Waals surface area contributed by atoms with Crippen LogP contribution in [0.5, 0.6) is 0 Å². The van der Waals surface area contributed by atoms with Crippen molar-refractivity contribution >= 4 is 5.78 Å². The molecule has 0 aliphatic heterocycles. The topological polar surface area (TPSA) is 40.5 Å². The molecular weight excluding hydrogens is 490 g/mol. The molecule has 0 spiro atoms. The van der Waals surface area contributed by atoms with Gasteiger partial charge in [0, 0.05) is 24.1 Å². The van der Waals surface area contributed by atoms with Crippen molar-refractivity contribution in [3.63, 3.8) is 0 Å². The summed E-state index contributed by atoms with van der Waals surface area (Å²) in [7, 11) is 2.30. The Balaban J connectivity index is 1.33. The summed E-state index contributed by atoms with van der Waals surface area (Å²) in [5, 5.41) is 10.4. The predicted octanol–water partition coefficient (Wildman–Crippen LogP) is 8.75. The Bertz CT molecular complexity index is 1370. The number of carbonyl (C=O) groups excluding carboxylic acids is 1. The Morgan fingerprint density at radius 3 is 2.35 bits per heavy atom. The van der Waals surface area contributed by atoms with E-state index >= 15 is 0 Å². The lowest BCUT2D eigenvalue weighted by atomic mass is 9.34. The molecule has 3 saturated carbocycles. The van der Waals surface area contributed by atoms with Gasteiger partial charge in [-0.05, 0) is 109 Å². The highest BCUT2D eigenvalue weighted by molar-refractivity contribution is 6.06. The van der Waals surface area contributed by atoms with Gasteiger partial charge in [-0.15, -0.1) is 0 Å². The first-order valence-electron chi connectivity index (χ1n) is 15.6. The second-order valence-corrected chi connectivity index (χ2v) is 15.5. The van der Waals surface area contributed by atoms with E-state index in [4.69, 9.17) is 0 Å². The van der Waals surface area contributed by atoms with Crippen molar-refractivity contribution in [2.45, 2.75) is 93.0 Å². The molecule has 40 heavy (non-hydrogen) atoms. The Morgan fingerprint density at radius 2 is 1.62 bits per heavy atom. The fraction of sp³-hybridized carbons (Fsp3) is 0.595. The zero-order valence-corrected chi connectivity index (χ0v) is 25.9. The van der Waals surface area contributed by atoms with Crippen molar-refractivity contribution in [3.8, 4) is 0 Å². The zero-order chi connectivity index (χ0) is 28.7. The van der Waals surface area contributed by atoms with Gasteiger partial charge in [-0.2, -0.15) is 0 Å². The van der Waals surface area contributed by atoms with Crippen LogP contribution in [-0.4, -0.2) is 29.4 Å². The molecule has 0 saturated heterocycles. The number of hydrogen-bond donors (Lipinski definition) is 1. The van der Waals surface area contributed by atoms with E-state index in [0.717, 1.165) is 36.2 Å². The molecule has 0 unspecified atom stereocenters. The Labute approximate surface area is 242 Å². The second kappa shape index (κ2) is 9.05. The first-order valence-corrected chi connectivity index (χ1v) is 15.6. The van der Waals surface area contributed by atoms with Crippen LogP contribution in [0.25, 0.3) is 0 Å². The van der Waals surface area contributed by atoms with E-state index in [1.54, 1.807) is 6.08 Å². The number of nitrogens with zero attached hydrogens (tertiary/aromatic N) is 1. The Hall–Kier alpha value is -2.39. The molecule has 3 fully saturated rings. The first kappa shape index (κ1) is 27.8. The number of carbonyl (C=O) groups is 1. The van der Waals surface area contributed by atoms with E-state index in [9.17, 15) is 9.90 Å². The number of rotatable bonds is 4. The average molecular weight is 540 g/mol. The van der Waals surface area contributed by atoms with Crippen molar-refractivity contribution in [1.82, 2.24) is 4.90 Å². The van der Waals surface area contributed by atoms with Crippen LogP contribution >= 0.6 is 0 Å². The van der Waals surface area contributed by atoms with E-state index in [-0.39, 0.29) is 27.8 Å². The van der Waals surface area contributed by atoms with Crippen LogP contribution in [0.15, 0.2) is 76.6 Å². The smallest absolute Gasteiger partial charge is 0.220 e. The van der Waals surface area contributed by atoms with Gasteiger partial charge in [0.1, 0.15) is 0 Å². The molecule has 6 rings (SSSR count). The minimum Gasteiger partial charge on any atom is -0.504 e. The fourth-order valence-electron chi connectivity index (χ4n) is 10.3. The van der Waals surface area contributed by atoms with Crippen molar-refractivity contribution in [3.05, 3.63) is 82.2 Å². The van der Waals surface area contributed by atoms with Crippen LogP contribution in [0.1, 0.15) is 92.1 Å².